The van der Waals surface area contributed by atoms with E-state index >= 15 is 0 Å². The van der Waals surface area contributed by atoms with E-state index in [4.69, 9.17) is 9.47 Å². The normalized spacial score (nSPS) is 10.9. The van der Waals surface area contributed by atoms with Crippen LogP contribution in [0.25, 0.3) is 0 Å². The molecule has 1 aromatic carbocycles. The molecule has 0 spiro atoms. The highest BCUT2D eigenvalue weighted by molar-refractivity contribution is 7.89. The molecule has 13 nitrogen and oxygen atoms in total. The number of nitriles is 1. The third-order valence-corrected chi connectivity index (χ3v) is 7.43. The molecule has 0 atom stereocenters. The van der Waals surface area contributed by atoms with Gasteiger partial charge in [0.25, 0.3) is 5.56 Å². The van der Waals surface area contributed by atoms with Crippen LogP contribution in [0, 0.1) is 18.3 Å². The summed E-state index contributed by atoms with van der Waals surface area (Å²) in [6.07, 6.45) is 1.90. The van der Waals surface area contributed by atoms with E-state index in [9.17, 15) is 33.2 Å². The SMILES string of the molecule is C=CC(=O)OCCN(CCOC(=O)C=C)S(=O)(=O)c1ccc([NH2+]Nc2c(C)c(C#N)c(O)n(CC)c2=O)cc1. The minimum absolute atomic E-state index is 0.0357. The molecule has 14 heteroatoms. The van der Waals surface area contributed by atoms with Gasteiger partial charge >= 0.3 is 11.9 Å². The van der Waals surface area contributed by atoms with E-state index in [1.54, 1.807) is 6.92 Å². The highest BCUT2D eigenvalue weighted by atomic mass is 32.2. The van der Waals surface area contributed by atoms with Crippen LogP contribution in [0.4, 0.5) is 11.4 Å². The quantitative estimate of drug-likeness (QED) is 0.0962. The second-order valence-corrected chi connectivity index (χ2v) is 9.80. The van der Waals surface area contributed by atoms with E-state index in [1.807, 2.05) is 6.07 Å². The fraction of sp³-hybridized carbons (Fsp3) is 0.280. The number of carbonyl (C=O) groups is 2. The van der Waals surface area contributed by atoms with Gasteiger partial charge in [-0.25, -0.2) is 28.9 Å². The monoisotopic (exact) mass is 560 g/mol. The number of nitrogen functional groups attached to an aromatic ring is 1. The maximum Gasteiger partial charge on any atom is 0.330 e. The fourth-order valence-corrected chi connectivity index (χ4v) is 4.83. The molecule has 0 saturated heterocycles. The molecule has 0 bridgehead atoms. The standard InChI is InChI=1S/C25H29N5O8S/c1-5-21(31)37-14-12-29(13-15-38-22(32)6-2)39(35,36)19-10-8-18(9-11-19)27-28-23-17(4)20(16-26)24(33)30(7-3)25(23)34/h5-6,8-11,27-28,33H,1-2,7,12-15H2,3-4H3/p+1. The zero-order valence-corrected chi connectivity index (χ0v) is 22.4. The molecule has 0 aliphatic heterocycles. The van der Waals surface area contributed by atoms with Gasteiger partial charge in [0.2, 0.25) is 15.9 Å². The maximum atomic E-state index is 13.3. The zero-order chi connectivity index (χ0) is 29.2. The van der Waals surface area contributed by atoms with Crippen molar-refractivity contribution in [2.75, 3.05) is 31.7 Å². The summed E-state index contributed by atoms with van der Waals surface area (Å²) in [6.45, 7) is 8.99. The van der Waals surface area contributed by atoms with Gasteiger partial charge in [0.15, 0.2) is 11.4 Å². The molecule has 0 aliphatic carbocycles. The van der Waals surface area contributed by atoms with Crippen molar-refractivity contribution >= 4 is 33.3 Å². The predicted octanol–water partition coefficient (Wildman–Crippen LogP) is 0.425. The van der Waals surface area contributed by atoms with Crippen molar-refractivity contribution in [3.63, 3.8) is 0 Å². The van der Waals surface area contributed by atoms with Crippen LogP contribution in [0.3, 0.4) is 0 Å². The average molecular weight is 561 g/mol. The number of rotatable bonds is 14. The summed E-state index contributed by atoms with van der Waals surface area (Å²) in [7, 11) is -4.08. The number of hydrogen-bond acceptors (Lipinski definition) is 10. The van der Waals surface area contributed by atoms with Crippen molar-refractivity contribution in [3.8, 4) is 11.9 Å². The number of hydrogen-bond donors (Lipinski definition) is 3. The molecule has 39 heavy (non-hydrogen) atoms. The Hall–Kier alpha value is -4.45. The number of pyridine rings is 1. The Balaban J connectivity index is 2.24. The molecule has 0 aliphatic rings. The van der Waals surface area contributed by atoms with Gasteiger partial charge < -0.3 is 14.6 Å². The Morgan fingerprint density at radius 2 is 1.69 bits per heavy atom. The first-order chi connectivity index (χ1) is 18.5. The van der Waals surface area contributed by atoms with Crippen LogP contribution in [0.1, 0.15) is 18.1 Å². The molecule has 2 rings (SSSR count). The smallest absolute Gasteiger partial charge is 0.330 e. The van der Waals surface area contributed by atoms with Gasteiger partial charge in [-0.2, -0.15) is 9.57 Å². The van der Waals surface area contributed by atoms with E-state index in [2.05, 4.69) is 18.6 Å². The van der Waals surface area contributed by atoms with Crippen LogP contribution < -0.4 is 16.4 Å². The third-order valence-electron chi connectivity index (χ3n) is 5.52. The van der Waals surface area contributed by atoms with Gasteiger partial charge in [-0.3, -0.25) is 9.36 Å². The van der Waals surface area contributed by atoms with Crippen molar-refractivity contribution in [2.45, 2.75) is 25.3 Å². The molecular formula is C25H30N5O8S+. The highest BCUT2D eigenvalue weighted by Gasteiger charge is 2.25. The molecule has 0 unspecified atom stereocenters. The molecule has 1 aromatic heterocycles. The minimum Gasteiger partial charge on any atom is -0.493 e. The first kappa shape index (κ1) is 30.8. The number of nitrogens with zero attached hydrogens (tertiary/aromatic N) is 3. The van der Waals surface area contributed by atoms with E-state index in [1.165, 1.54) is 36.6 Å². The molecule has 1 heterocycles. The number of ether oxygens (including phenoxy) is 2. The summed E-state index contributed by atoms with van der Waals surface area (Å²) in [5.41, 5.74) is 4.62. The molecule has 208 valence electrons. The molecule has 0 saturated carbocycles. The van der Waals surface area contributed by atoms with E-state index in [0.717, 1.165) is 21.0 Å². The number of benzene rings is 1. The Morgan fingerprint density at radius 3 is 2.15 bits per heavy atom. The Kier molecular flexibility index (Phi) is 11.0. The zero-order valence-electron chi connectivity index (χ0n) is 21.5. The summed E-state index contributed by atoms with van der Waals surface area (Å²) in [4.78, 5) is 35.3. The van der Waals surface area contributed by atoms with Crippen LogP contribution in [0.15, 0.2) is 59.3 Å². The van der Waals surface area contributed by atoms with Crippen molar-refractivity contribution in [2.24, 2.45) is 0 Å². The van der Waals surface area contributed by atoms with Gasteiger partial charge in [0, 0.05) is 49.5 Å². The Morgan fingerprint density at radius 1 is 1.15 bits per heavy atom. The summed E-state index contributed by atoms with van der Waals surface area (Å²) < 4.78 is 38.4. The lowest BCUT2D eigenvalue weighted by atomic mass is 10.1. The molecule has 0 radical (unpaired) electrons. The average Bonchev–Trinajstić information content (AvgIpc) is 2.92. The van der Waals surface area contributed by atoms with Gasteiger partial charge in [0.05, 0.1) is 4.90 Å². The fourth-order valence-electron chi connectivity index (χ4n) is 3.42. The first-order valence-corrected chi connectivity index (χ1v) is 13.1. The number of nitrogens with two attached hydrogens (primary N) is 1. The number of quaternary nitrogens is 1. The number of carbonyl (C=O) groups excluding carboxylic acids is 2. The van der Waals surface area contributed by atoms with Gasteiger partial charge in [-0.1, -0.05) is 13.2 Å². The number of aromatic hydroxyl groups is 1. The second-order valence-electron chi connectivity index (χ2n) is 7.86. The van der Waals surface area contributed by atoms with Crippen molar-refractivity contribution in [3.05, 3.63) is 71.1 Å². The number of anilines is 1. The Bertz CT molecular complexity index is 1420. The number of esters is 2. The van der Waals surface area contributed by atoms with Crippen molar-refractivity contribution in [1.29, 1.82) is 5.26 Å². The van der Waals surface area contributed by atoms with E-state index in [-0.39, 0.29) is 54.6 Å². The van der Waals surface area contributed by atoms with Gasteiger partial charge in [0.1, 0.15) is 24.8 Å². The van der Waals surface area contributed by atoms with Crippen molar-refractivity contribution < 1.29 is 38.0 Å². The molecule has 0 amide bonds. The third kappa shape index (κ3) is 7.54. The molecule has 4 N–H and O–H groups in total. The minimum atomic E-state index is -4.08. The maximum absolute atomic E-state index is 13.3. The molecular weight excluding hydrogens is 530 g/mol. The lowest BCUT2D eigenvalue weighted by Gasteiger charge is -2.22. The summed E-state index contributed by atoms with van der Waals surface area (Å²) >= 11 is 0. The highest BCUT2D eigenvalue weighted by Crippen LogP contribution is 2.23. The topological polar surface area (TPSA) is 185 Å². The van der Waals surface area contributed by atoms with Crippen LogP contribution in [-0.2, 0) is 35.6 Å². The largest absolute Gasteiger partial charge is 0.493 e. The molecule has 0 fully saturated rings. The van der Waals surface area contributed by atoms with Gasteiger partial charge in [-0.15, -0.1) is 0 Å². The lowest BCUT2D eigenvalue weighted by molar-refractivity contribution is -0.538. The second kappa shape index (κ2) is 13.9. The summed E-state index contributed by atoms with van der Waals surface area (Å²) in [5, 5.41) is 19.6. The molecule has 2 aromatic rings. The summed E-state index contributed by atoms with van der Waals surface area (Å²) in [6, 6.07) is 7.56. The number of nitrogens with one attached hydrogen (secondary N) is 1. The van der Waals surface area contributed by atoms with E-state index < -0.39 is 33.4 Å². The number of aromatic nitrogens is 1. The lowest BCUT2D eigenvalue weighted by Crippen LogP contribution is -2.83. The summed E-state index contributed by atoms with van der Waals surface area (Å²) in [5.74, 6) is -1.84. The van der Waals surface area contributed by atoms with Crippen LogP contribution in [0.2, 0.25) is 0 Å². The van der Waals surface area contributed by atoms with E-state index in [0.29, 0.717) is 5.69 Å². The van der Waals surface area contributed by atoms with Crippen LogP contribution in [0.5, 0.6) is 5.88 Å². The predicted molar refractivity (Wildman–Crippen MR) is 140 cm³/mol. The van der Waals surface area contributed by atoms with Crippen LogP contribution >= 0.6 is 0 Å². The number of sulfonamides is 1. The van der Waals surface area contributed by atoms with Crippen LogP contribution in [-0.4, -0.2) is 60.6 Å². The Labute approximate surface area is 225 Å². The van der Waals surface area contributed by atoms with Gasteiger partial charge in [-0.05, 0) is 26.0 Å². The first-order valence-electron chi connectivity index (χ1n) is 11.7. The van der Waals surface area contributed by atoms with Crippen molar-refractivity contribution in [1.82, 2.24) is 8.87 Å².